The van der Waals surface area contributed by atoms with Crippen molar-refractivity contribution in [2.75, 3.05) is 0 Å². The highest BCUT2D eigenvalue weighted by Crippen LogP contribution is 2.23. The first kappa shape index (κ1) is 13.5. The number of furan rings is 1. The molecule has 0 saturated carbocycles. The van der Waals surface area contributed by atoms with Crippen LogP contribution >= 0.6 is 11.3 Å². The van der Waals surface area contributed by atoms with E-state index in [0.717, 1.165) is 11.4 Å². The third-order valence-electron chi connectivity index (χ3n) is 2.84. The largest absolute Gasteiger partial charge is 0.462 e. The van der Waals surface area contributed by atoms with Gasteiger partial charge in [-0.3, -0.25) is 9.78 Å². The van der Waals surface area contributed by atoms with Crippen LogP contribution in [0.2, 0.25) is 0 Å². The standard InChI is InChI=1S/C15H13N3O2S/c1-10-4-2-5-11(17-10)8-16-14(19)12-9-21-15(18-12)13-6-3-7-20-13/h2-7,9H,8H2,1H3,(H,16,19). The Kier molecular flexibility index (Phi) is 3.79. The van der Waals surface area contributed by atoms with Crippen LogP contribution in [0, 0.1) is 6.92 Å². The zero-order chi connectivity index (χ0) is 14.7. The normalized spacial score (nSPS) is 10.5. The molecule has 5 nitrogen and oxygen atoms in total. The van der Waals surface area contributed by atoms with Gasteiger partial charge in [0.15, 0.2) is 10.8 Å². The number of carbonyl (C=O) groups excluding carboxylic acids is 1. The molecule has 0 aromatic carbocycles. The van der Waals surface area contributed by atoms with Crippen molar-refractivity contribution in [1.29, 1.82) is 0 Å². The van der Waals surface area contributed by atoms with Gasteiger partial charge in [-0.2, -0.15) is 0 Å². The molecule has 0 bridgehead atoms. The number of hydrogen-bond acceptors (Lipinski definition) is 5. The summed E-state index contributed by atoms with van der Waals surface area (Å²) >= 11 is 1.38. The minimum Gasteiger partial charge on any atom is -0.462 e. The van der Waals surface area contributed by atoms with E-state index in [2.05, 4.69) is 15.3 Å². The quantitative estimate of drug-likeness (QED) is 0.804. The molecule has 0 aliphatic heterocycles. The van der Waals surface area contributed by atoms with E-state index in [1.807, 2.05) is 31.2 Å². The summed E-state index contributed by atoms with van der Waals surface area (Å²) in [5.41, 5.74) is 2.14. The zero-order valence-electron chi connectivity index (χ0n) is 11.4. The van der Waals surface area contributed by atoms with Gasteiger partial charge in [-0.25, -0.2) is 4.98 Å². The van der Waals surface area contributed by atoms with E-state index in [4.69, 9.17) is 4.42 Å². The number of aryl methyl sites for hydroxylation is 1. The second-order valence-corrected chi connectivity index (χ2v) is 5.33. The summed E-state index contributed by atoms with van der Waals surface area (Å²) in [5.74, 6) is 0.451. The second kappa shape index (κ2) is 5.88. The average Bonchev–Trinajstić information content (AvgIpc) is 3.15. The zero-order valence-corrected chi connectivity index (χ0v) is 12.2. The van der Waals surface area contributed by atoms with Crippen LogP contribution in [0.4, 0.5) is 0 Å². The van der Waals surface area contributed by atoms with Crippen molar-refractivity contribution in [3.8, 4) is 10.8 Å². The lowest BCUT2D eigenvalue weighted by molar-refractivity contribution is 0.0946. The molecule has 1 amide bonds. The molecule has 3 heterocycles. The molecule has 3 rings (SSSR count). The molecule has 106 valence electrons. The molecule has 3 aromatic rings. The Bertz CT molecular complexity index is 750. The van der Waals surface area contributed by atoms with Crippen molar-refractivity contribution < 1.29 is 9.21 Å². The van der Waals surface area contributed by atoms with E-state index >= 15 is 0 Å². The molecule has 0 radical (unpaired) electrons. The predicted molar refractivity (Wildman–Crippen MR) is 80.0 cm³/mol. The summed E-state index contributed by atoms with van der Waals surface area (Å²) in [7, 11) is 0. The van der Waals surface area contributed by atoms with Crippen molar-refractivity contribution >= 4 is 17.2 Å². The fourth-order valence-electron chi connectivity index (χ4n) is 1.85. The Hall–Kier alpha value is -2.47. The summed E-state index contributed by atoms with van der Waals surface area (Å²) in [5, 5.41) is 5.23. The maximum atomic E-state index is 12.1. The van der Waals surface area contributed by atoms with Gasteiger partial charge in [0.1, 0.15) is 5.69 Å². The first-order valence-electron chi connectivity index (χ1n) is 6.42. The van der Waals surface area contributed by atoms with Gasteiger partial charge in [0, 0.05) is 11.1 Å². The molecule has 0 aliphatic rings. The van der Waals surface area contributed by atoms with Gasteiger partial charge in [0.2, 0.25) is 0 Å². The van der Waals surface area contributed by atoms with Gasteiger partial charge in [0.05, 0.1) is 18.5 Å². The Labute approximate surface area is 125 Å². The fraction of sp³-hybridized carbons (Fsp3) is 0.133. The third-order valence-corrected chi connectivity index (χ3v) is 3.70. The van der Waals surface area contributed by atoms with Gasteiger partial charge in [-0.15, -0.1) is 11.3 Å². The summed E-state index contributed by atoms with van der Waals surface area (Å²) in [6, 6.07) is 9.32. The van der Waals surface area contributed by atoms with Crippen LogP contribution in [0.15, 0.2) is 46.4 Å². The number of pyridine rings is 1. The van der Waals surface area contributed by atoms with E-state index in [-0.39, 0.29) is 5.91 Å². The lowest BCUT2D eigenvalue weighted by Crippen LogP contribution is -2.23. The molecular formula is C15H13N3O2S. The molecule has 0 atom stereocenters. The van der Waals surface area contributed by atoms with Crippen LogP contribution in [0.25, 0.3) is 10.8 Å². The SMILES string of the molecule is Cc1cccc(CNC(=O)c2csc(-c3ccco3)n2)n1. The number of nitrogens with one attached hydrogen (secondary N) is 1. The highest BCUT2D eigenvalue weighted by Gasteiger charge is 2.13. The minimum atomic E-state index is -0.215. The molecule has 21 heavy (non-hydrogen) atoms. The molecule has 0 fully saturated rings. The Morgan fingerprint density at radius 3 is 2.95 bits per heavy atom. The lowest BCUT2D eigenvalue weighted by atomic mass is 10.3. The van der Waals surface area contributed by atoms with Gasteiger partial charge < -0.3 is 9.73 Å². The van der Waals surface area contributed by atoms with Crippen molar-refractivity contribution in [2.24, 2.45) is 0 Å². The molecule has 0 aliphatic carbocycles. The Balaban J connectivity index is 1.66. The molecule has 6 heteroatoms. The monoisotopic (exact) mass is 299 g/mol. The van der Waals surface area contributed by atoms with Gasteiger partial charge in [-0.05, 0) is 31.2 Å². The van der Waals surface area contributed by atoms with Gasteiger partial charge in [-0.1, -0.05) is 6.07 Å². The Morgan fingerprint density at radius 2 is 2.19 bits per heavy atom. The predicted octanol–water partition coefficient (Wildman–Crippen LogP) is 3.04. The summed E-state index contributed by atoms with van der Waals surface area (Å²) in [6.45, 7) is 2.30. The van der Waals surface area contributed by atoms with E-state index < -0.39 is 0 Å². The number of rotatable bonds is 4. The van der Waals surface area contributed by atoms with Crippen molar-refractivity contribution in [3.63, 3.8) is 0 Å². The number of hydrogen-bond donors (Lipinski definition) is 1. The molecule has 3 aromatic heterocycles. The first-order valence-corrected chi connectivity index (χ1v) is 7.30. The first-order chi connectivity index (χ1) is 10.2. The molecular weight excluding hydrogens is 286 g/mol. The Morgan fingerprint density at radius 1 is 1.29 bits per heavy atom. The molecule has 0 unspecified atom stereocenters. The highest BCUT2D eigenvalue weighted by atomic mass is 32.1. The topological polar surface area (TPSA) is 68.0 Å². The highest BCUT2D eigenvalue weighted by molar-refractivity contribution is 7.13. The van der Waals surface area contributed by atoms with E-state index in [1.54, 1.807) is 17.7 Å². The van der Waals surface area contributed by atoms with Crippen LogP contribution in [-0.4, -0.2) is 15.9 Å². The number of nitrogens with zero attached hydrogens (tertiary/aromatic N) is 2. The lowest BCUT2D eigenvalue weighted by Gasteiger charge is -2.03. The van der Waals surface area contributed by atoms with Crippen molar-refractivity contribution in [3.05, 3.63) is 59.1 Å². The smallest absolute Gasteiger partial charge is 0.271 e. The van der Waals surface area contributed by atoms with Gasteiger partial charge in [0.25, 0.3) is 5.91 Å². The average molecular weight is 299 g/mol. The van der Waals surface area contributed by atoms with E-state index in [1.165, 1.54) is 11.3 Å². The van der Waals surface area contributed by atoms with Crippen LogP contribution in [0.1, 0.15) is 21.9 Å². The fourth-order valence-corrected chi connectivity index (χ4v) is 2.62. The summed E-state index contributed by atoms with van der Waals surface area (Å²) in [6.07, 6.45) is 1.58. The van der Waals surface area contributed by atoms with Crippen molar-refractivity contribution in [2.45, 2.75) is 13.5 Å². The minimum absolute atomic E-state index is 0.215. The number of aromatic nitrogens is 2. The number of carbonyl (C=O) groups is 1. The van der Waals surface area contributed by atoms with Crippen LogP contribution in [0.3, 0.4) is 0 Å². The molecule has 0 saturated heterocycles. The number of amides is 1. The van der Waals surface area contributed by atoms with E-state index in [0.29, 0.717) is 23.0 Å². The second-order valence-electron chi connectivity index (χ2n) is 4.47. The van der Waals surface area contributed by atoms with Crippen LogP contribution in [-0.2, 0) is 6.54 Å². The van der Waals surface area contributed by atoms with Crippen molar-refractivity contribution in [1.82, 2.24) is 15.3 Å². The molecule has 0 spiro atoms. The summed E-state index contributed by atoms with van der Waals surface area (Å²) in [4.78, 5) is 20.7. The molecule has 1 N–H and O–H groups in total. The number of thiazole rings is 1. The third kappa shape index (κ3) is 3.17. The van der Waals surface area contributed by atoms with E-state index in [9.17, 15) is 4.79 Å². The maximum Gasteiger partial charge on any atom is 0.271 e. The summed E-state index contributed by atoms with van der Waals surface area (Å²) < 4.78 is 5.26. The maximum absolute atomic E-state index is 12.1. The van der Waals surface area contributed by atoms with Crippen LogP contribution in [0.5, 0.6) is 0 Å². The van der Waals surface area contributed by atoms with Gasteiger partial charge >= 0.3 is 0 Å². The van der Waals surface area contributed by atoms with Crippen LogP contribution < -0.4 is 5.32 Å².